The van der Waals surface area contributed by atoms with Crippen LogP contribution in [-0.4, -0.2) is 31.7 Å². The topological polar surface area (TPSA) is 76.4 Å². The second kappa shape index (κ2) is 6.66. The standard InChI is InChI=1S/C15H23N3O2S/c16-12-8-13(17-6-1-7-20-9-10-2-3-10)21-14(12)15(19)18-11-4-5-11/h8,10-11,17H,1-7,9,16H2,(H,18,19). The third kappa shape index (κ3) is 4.61. The molecule has 1 amide bonds. The molecule has 1 heterocycles. The average Bonchev–Trinajstić information content (AvgIpc) is 3.36. The van der Waals surface area contributed by atoms with Gasteiger partial charge in [-0.3, -0.25) is 4.79 Å². The molecule has 2 fully saturated rings. The van der Waals surface area contributed by atoms with E-state index in [1.807, 2.05) is 6.07 Å². The van der Waals surface area contributed by atoms with E-state index < -0.39 is 0 Å². The van der Waals surface area contributed by atoms with Crippen molar-refractivity contribution in [2.24, 2.45) is 5.92 Å². The summed E-state index contributed by atoms with van der Waals surface area (Å²) in [5.74, 6) is 0.781. The van der Waals surface area contributed by atoms with Crippen molar-refractivity contribution in [1.82, 2.24) is 5.32 Å². The first-order valence-electron chi connectivity index (χ1n) is 7.74. The van der Waals surface area contributed by atoms with Crippen molar-refractivity contribution in [2.75, 3.05) is 30.8 Å². The summed E-state index contributed by atoms with van der Waals surface area (Å²) >= 11 is 1.43. The van der Waals surface area contributed by atoms with E-state index in [0.29, 0.717) is 16.6 Å². The van der Waals surface area contributed by atoms with Crippen LogP contribution in [0.15, 0.2) is 6.07 Å². The Hall–Kier alpha value is -1.27. The normalized spacial score (nSPS) is 17.7. The van der Waals surface area contributed by atoms with Gasteiger partial charge in [0.15, 0.2) is 0 Å². The molecular weight excluding hydrogens is 286 g/mol. The summed E-state index contributed by atoms with van der Waals surface area (Å²) in [7, 11) is 0. The average molecular weight is 309 g/mol. The summed E-state index contributed by atoms with van der Waals surface area (Å²) in [5.41, 5.74) is 6.48. The summed E-state index contributed by atoms with van der Waals surface area (Å²) in [4.78, 5) is 12.6. The predicted octanol–water partition coefficient (Wildman–Crippen LogP) is 2.45. The number of nitrogens with two attached hydrogens (primary N) is 1. The molecule has 1 aromatic heterocycles. The van der Waals surface area contributed by atoms with E-state index >= 15 is 0 Å². The lowest BCUT2D eigenvalue weighted by Gasteiger charge is -2.04. The lowest BCUT2D eigenvalue weighted by atomic mass is 10.3. The number of amides is 1. The number of carbonyl (C=O) groups excluding carboxylic acids is 1. The molecule has 21 heavy (non-hydrogen) atoms. The zero-order chi connectivity index (χ0) is 14.7. The minimum absolute atomic E-state index is 0.0409. The van der Waals surface area contributed by atoms with Crippen molar-refractivity contribution < 1.29 is 9.53 Å². The van der Waals surface area contributed by atoms with Gasteiger partial charge in [-0.2, -0.15) is 0 Å². The highest BCUT2D eigenvalue weighted by molar-refractivity contribution is 7.18. The van der Waals surface area contributed by atoms with Crippen LogP contribution in [0.5, 0.6) is 0 Å². The first-order chi connectivity index (χ1) is 10.2. The predicted molar refractivity (Wildman–Crippen MR) is 85.9 cm³/mol. The summed E-state index contributed by atoms with van der Waals surface area (Å²) in [6, 6.07) is 2.20. The number of ether oxygens (including phenoxy) is 1. The first-order valence-corrected chi connectivity index (χ1v) is 8.56. The quantitative estimate of drug-likeness (QED) is 0.612. The van der Waals surface area contributed by atoms with E-state index in [1.165, 1.54) is 24.2 Å². The van der Waals surface area contributed by atoms with E-state index in [4.69, 9.17) is 10.5 Å². The number of rotatable bonds is 9. The summed E-state index contributed by atoms with van der Waals surface area (Å²) in [5, 5.41) is 7.23. The Balaban J connectivity index is 1.37. The number of hydrogen-bond donors (Lipinski definition) is 3. The molecule has 3 rings (SSSR count). The molecular formula is C15H23N3O2S. The van der Waals surface area contributed by atoms with Crippen LogP contribution < -0.4 is 16.4 Å². The third-order valence-electron chi connectivity index (χ3n) is 3.69. The number of thiophene rings is 1. The number of nitrogen functional groups attached to an aromatic ring is 1. The monoisotopic (exact) mass is 309 g/mol. The molecule has 4 N–H and O–H groups in total. The lowest BCUT2D eigenvalue weighted by molar-refractivity contribution is 0.0956. The van der Waals surface area contributed by atoms with Gasteiger partial charge in [-0.1, -0.05) is 0 Å². The number of nitrogens with one attached hydrogen (secondary N) is 2. The summed E-state index contributed by atoms with van der Waals surface area (Å²) < 4.78 is 5.59. The van der Waals surface area contributed by atoms with E-state index in [0.717, 1.165) is 49.9 Å². The van der Waals surface area contributed by atoms with Gasteiger partial charge in [0, 0.05) is 25.8 Å². The summed E-state index contributed by atoms with van der Waals surface area (Å²) in [6.45, 7) is 2.55. The molecule has 6 heteroatoms. The molecule has 0 spiro atoms. The fourth-order valence-corrected chi connectivity index (χ4v) is 2.98. The maximum absolute atomic E-state index is 12.0. The van der Waals surface area contributed by atoms with Crippen LogP contribution in [0.1, 0.15) is 41.8 Å². The molecule has 0 saturated heterocycles. The Bertz CT molecular complexity index is 495. The molecule has 2 aliphatic rings. The van der Waals surface area contributed by atoms with E-state index in [2.05, 4.69) is 10.6 Å². The smallest absolute Gasteiger partial charge is 0.263 e. The molecule has 2 aliphatic carbocycles. The minimum atomic E-state index is -0.0409. The lowest BCUT2D eigenvalue weighted by Crippen LogP contribution is -2.25. The Labute approximate surface area is 129 Å². The Morgan fingerprint density at radius 3 is 2.90 bits per heavy atom. The van der Waals surface area contributed by atoms with Gasteiger partial charge in [0.2, 0.25) is 0 Å². The zero-order valence-corrected chi connectivity index (χ0v) is 13.0. The van der Waals surface area contributed by atoms with Gasteiger partial charge in [-0.05, 0) is 44.1 Å². The second-order valence-electron chi connectivity index (χ2n) is 5.94. The van der Waals surface area contributed by atoms with Crippen molar-refractivity contribution in [3.8, 4) is 0 Å². The molecule has 0 atom stereocenters. The molecule has 116 valence electrons. The highest BCUT2D eigenvalue weighted by Gasteiger charge is 2.25. The van der Waals surface area contributed by atoms with E-state index in [1.54, 1.807) is 0 Å². The Kier molecular flexibility index (Phi) is 4.65. The van der Waals surface area contributed by atoms with Crippen LogP contribution in [0.3, 0.4) is 0 Å². The van der Waals surface area contributed by atoms with Crippen LogP contribution in [0.4, 0.5) is 10.7 Å². The first kappa shape index (κ1) is 14.7. The summed E-state index contributed by atoms with van der Waals surface area (Å²) in [6.07, 6.45) is 5.80. The van der Waals surface area contributed by atoms with E-state index in [-0.39, 0.29) is 5.91 Å². The van der Waals surface area contributed by atoms with Gasteiger partial charge in [0.1, 0.15) is 4.88 Å². The van der Waals surface area contributed by atoms with Crippen molar-refractivity contribution in [2.45, 2.75) is 38.1 Å². The maximum atomic E-state index is 12.0. The van der Waals surface area contributed by atoms with Crippen molar-refractivity contribution >= 4 is 27.9 Å². The third-order valence-corrected chi connectivity index (χ3v) is 4.80. The highest BCUT2D eigenvalue weighted by Crippen LogP contribution is 2.30. The molecule has 0 radical (unpaired) electrons. The number of hydrogen-bond acceptors (Lipinski definition) is 5. The van der Waals surface area contributed by atoms with Crippen LogP contribution >= 0.6 is 11.3 Å². The molecule has 5 nitrogen and oxygen atoms in total. The van der Waals surface area contributed by atoms with Gasteiger partial charge >= 0.3 is 0 Å². The van der Waals surface area contributed by atoms with Crippen LogP contribution in [0, 0.1) is 5.92 Å². The highest BCUT2D eigenvalue weighted by atomic mass is 32.1. The SMILES string of the molecule is Nc1cc(NCCCOCC2CC2)sc1C(=O)NC1CC1. The molecule has 1 aromatic rings. The fourth-order valence-electron chi connectivity index (χ4n) is 2.07. The molecule has 0 aliphatic heterocycles. The van der Waals surface area contributed by atoms with Gasteiger partial charge in [-0.15, -0.1) is 11.3 Å². The number of carbonyl (C=O) groups is 1. The maximum Gasteiger partial charge on any atom is 0.263 e. The molecule has 0 aromatic carbocycles. The van der Waals surface area contributed by atoms with Crippen molar-refractivity contribution in [3.05, 3.63) is 10.9 Å². The van der Waals surface area contributed by atoms with Crippen LogP contribution in [-0.2, 0) is 4.74 Å². The second-order valence-corrected chi connectivity index (χ2v) is 6.99. The molecule has 0 bridgehead atoms. The fraction of sp³-hybridized carbons (Fsp3) is 0.667. The Morgan fingerprint density at radius 2 is 2.19 bits per heavy atom. The molecule has 0 unspecified atom stereocenters. The minimum Gasteiger partial charge on any atom is -0.397 e. The van der Waals surface area contributed by atoms with E-state index in [9.17, 15) is 4.79 Å². The number of anilines is 2. The van der Waals surface area contributed by atoms with Gasteiger partial charge < -0.3 is 21.1 Å². The molecule has 2 saturated carbocycles. The largest absolute Gasteiger partial charge is 0.397 e. The van der Waals surface area contributed by atoms with Crippen LogP contribution in [0.25, 0.3) is 0 Å². The van der Waals surface area contributed by atoms with Crippen molar-refractivity contribution in [1.29, 1.82) is 0 Å². The van der Waals surface area contributed by atoms with Crippen molar-refractivity contribution in [3.63, 3.8) is 0 Å². The van der Waals surface area contributed by atoms with Gasteiger partial charge in [0.05, 0.1) is 10.7 Å². The van der Waals surface area contributed by atoms with Gasteiger partial charge in [-0.25, -0.2) is 0 Å². The zero-order valence-electron chi connectivity index (χ0n) is 12.2. The Morgan fingerprint density at radius 1 is 1.38 bits per heavy atom. The van der Waals surface area contributed by atoms with Crippen LogP contribution in [0.2, 0.25) is 0 Å². The van der Waals surface area contributed by atoms with Gasteiger partial charge in [0.25, 0.3) is 5.91 Å².